The maximum atomic E-state index is 4.44. The van der Waals surface area contributed by atoms with Crippen molar-refractivity contribution in [2.24, 2.45) is 7.05 Å². The van der Waals surface area contributed by atoms with Gasteiger partial charge in [0.25, 0.3) is 0 Å². The molecule has 2 aromatic rings. The molecule has 0 spiro atoms. The first-order chi connectivity index (χ1) is 9.69. The Balaban J connectivity index is 1.91. The molecule has 2 rings (SSSR count). The van der Waals surface area contributed by atoms with Gasteiger partial charge in [-0.2, -0.15) is 4.98 Å². The van der Waals surface area contributed by atoms with E-state index >= 15 is 0 Å². The summed E-state index contributed by atoms with van der Waals surface area (Å²) in [5, 5.41) is 14.4. The van der Waals surface area contributed by atoms with Crippen molar-refractivity contribution in [2.75, 3.05) is 23.7 Å². The lowest BCUT2D eigenvalue weighted by Gasteiger charge is -2.09. The minimum Gasteiger partial charge on any atom is -0.369 e. The lowest BCUT2D eigenvalue weighted by atomic mass is 10.3. The highest BCUT2D eigenvalue weighted by Crippen LogP contribution is 2.09. The number of aryl methyl sites for hydroxylation is 2. The molecule has 2 heterocycles. The Hall–Kier alpha value is -2.18. The first kappa shape index (κ1) is 14.2. The van der Waals surface area contributed by atoms with E-state index in [-0.39, 0.29) is 0 Å². The van der Waals surface area contributed by atoms with E-state index in [0.717, 1.165) is 43.3 Å². The Morgan fingerprint density at radius 3 is 2.75 bits per heavy atom. The number of nitrogens with zero attached hydrogens (tertiary/aromatic N) is 5. The fourth-order valence-electron chi connectivity index (χ4n) is 1.81. The van der Waals surface area contributed by atoms with E-state index in [1.807, 2.05) is 24.6 Å². The van der Waals surface area contributed by atoms with Crippen LogP contribution < -0.4 is 10.6 Å². The third-order valence-corrected chi connectivity index (χ3v) is 2.85. The van der Waals surface area contributed by atoms with Gasteiger partial charge in [-0.15, -0.1) is 10.2 Å². The van der Waals surface area contributed by atoms with Gasteiger partial charge in [0.05, 0.1) is 0 Å². The van der Waals surface area contributed by atoms with Crippen LogP contribution in [0.3, 0.4) is 0 Å². The van der Waals surface area contributed by atoms with Gasteiger partial charge < -0.3 is 15.2 Å². The van der Waals surface area contributed by atoms with Crippen LogP contribution in [0.4, 0.5) is 11.8 Å². The highest BCUT2D eigenvalue weighted by atomic mass is 15.2. The van der Waals surface area contributed by atoms with E-state index in [1.54, 1.807) is 6.33 Å². The predicted molar refractivity (Wildman–Crippen MR) is 78.7 cm³/mol. The number of hydrogen-bond acceptors (Lipinski definition) is 6. The van der Waals surface area contributed by atoms with E-state index in [2.05, 4.69) is 37.7 Å². The van der Waals surface area contributed by atoms with Crippen molar-refractivity contribution in [1.82, 2.24) is 24.7 Å². The van der Waals surface area contributed by atoms with Crippen LogP contribution in [0, 0.1) is 6.92 Å². The minimum atomic E-state index is 0.674. The molecule has 0 unspecified atom stereocenters. The highest BCUT2D eigenvalue weighted by Gasteiger charge is 2.03. The Labute approximate surface area is 118 Å². The van der Waals surface area contributed by atoms with Crippen molar-refractivity contribution in [3.8, 4) is 0 Å². The van der Waals surface area contributed by atoms with Crippen molar-refractivity contribution in [3.63, 3.8) is 0 Å². The zero-order chi connectivity index (χ0) is 14.4. The summed E-state index contributed by atoms with van der Waals surface area (Å²) in [6, 6.07) is 1.94. The standard InChI is InChI=1S/C13H21N7/c1-4-6-15-13-17-10(2)8-11(18-13)14-7-5-12-19-16-9-20(12)3/h8-9H,4-7H2,1-3H3,(H2,14,15,17,18). The lowest BCUT2D eigenvalue weighted by molar-refractivity contribution is 0.787. The van der Waals surface area contributed by atoms with E-state index in [0.29, 0.717) is 5.95 Å². The van der Waals surface area contributed by atoms with Crippen LogP contribution >= 0.6 is 0 Å². The number of aromatic nitrogens is 5. The molecule has 0 aliphatic heterocycles. The first-order valence-electron chi connectivity index (χ1n) is 6.85. The van der Waals surface area contributed by atoms with Crippen molar-refractivity contribution in [2.45, 2.75) is 26.7 Å². The molecule has 0 radical (unpaired) electrons. The largest absolute Gasteiger partial charge is 0.369 e. The van der Waals surface area contributed by atoms with E-state index in [4.69, 9.17) is 0 Å². The zero-order valence-corrected chi connectivity index (χ0v) is 12.2. The van der Waals surface area contributed by atoms with E-state index < -0.39 is 0 Å². The normalized spacial score (nSPS) is 10.6. The molecule has 20 heavy (non-hydrogen) atoms. The smallest absolute Gasteiger partial charge is 0.224 e. The molecule has 0 saturated heterocycles. The van der Waals surface area contributed by atoms with Gasteiger partial charge in [0.15, 0.2) is 0 Å². The third-order valence-electron chi connectivity index (χ3n) is 2.85. The second-order valence-electron chi connectivity index (χ2n) is 4.68. The van der Waals surface area contributed by atoms with Crippen molar-refractivity contribution >= 4 is 11.8 Å². The molecule has 2 N–H and O–H groups in total. The second-order valence-corrected chi connectivity index (χ2v) is 4.68. The van der Waals surface area contributed by atoms with Crippen molar-refractivity contribution in [1.29, 1.82) is 0 Å². The lowest BCUT2D eigenvalue weighted by Crippen LogP contribution is -2.12. The fourth-order valence-corrected chi connectivity index (χ4v) is 1.81. The van der Waals surface area contributed by atoms with Gasteiger partial charge in [0.1, 0.15) is 18.0 Å². The number of rotatable bonds is 7. The molecule has 7 heteroatoms. The molecule has 2 aromatic heterocycles. The Kier molecular flexibility index (Phi) is 4.86. The first-order valence-corrected chi connectivity index (χ1v) is 6.85. The summed E-state index contributed by atoms with van der Waals surface area (Å²) in [7, 11) is 1.94. The van der Waals surface area contributed by atoms with Gasteiger partial charge in [-0.25, -0.2) is 4.98 Å². The van der Waals surface area contributed by atoms with Gasteiger partial charge in [0, 0.05) is 38.3 Å². The van der Waals surface area contributed by atoms with Gasteiger partial charge in [-0.05, 0) is 13.3 Å². The topological polar surface area (TPSA) is 80.5 Å². The maximum absolute atomic E-state index is 4.44. The van der Waals surface area contributed by atoms with Crippen LogP contribution in [-0.2, 0) is 13.5 Å². The quantitative estimate of drug-likeness (QED) is 0.795. The molecule has 0 amide bonds. The zero-order valence-electron chi connectivity index (χ0n) is 12.2. The monoisotopic (exact) mass is 275 g/mol. The van der Waals surface area contributed by atoms with Crippen molar-refractivity contribution in [3.05, 3.63) is 23.9 Å². The van der Waals surface area contributed by atoms with Gasteiger partial charge in [0.2, 0.25) is 5.95 Å². The average Bonchev–Trinajstić information content (AvgIpc) is 2.82. The van der Waals surface area contributed by atoms with Crippen LogP contribution in [0.15, 0.2) is 12.4 Å². The molecule has 0 aromatic carbocycles. The Morgan fingerprint density at radius 1 is 1.20 bits per heavy atom. The highest BCUT2D eigenvalue weighted by molar-refractivity contribution is 5.42. The minimum absolute atomic E-state index is 0.674. The summed E-state index contributed by atoms with van der Waals surface area (Å²) >= 11 is 0. The van der Waals surface area contributed by atoms with Gasteiger partial charge in [-0.1, -0.05) is 6.92 Å². The fraction of sp³-hybridized carbons (Fsp3) is 0.538. The van der Waals surface area contributed by atoms with E-state index in [1.165, 1.54) is 0 Å². The number of anilines is 2. The second kappa shape index (κ2) is 6.83. The van der Waals surface area contributed by atoms with Gasteiger partial charge in [-0.3, -0.25) is 0 Å². The van der Waals surface area contributed by atoms with E-state index in [9.17, 15) is 0 Å². The van der Waals surface area contributed by atoms with Crippen LogP contribution in [0.5, 0.6) is 0 Å². The van der Waals surface area contributed by atoms with Crippen LogP contribution in [0.1, 0.15) is 24.9 Å². The summed E-state index contributed by atoms with van der Waals surface area (Å²) < 4.78 is 1.92. The Morgan fingerprint density at radius 2 is 2.05 bits per heavy atom. The third kappa shape index (κ3) is 3.91. The molecule has 108 valence electrons. The van der Waals surface area contributed by atoms with Crippen molar-refractivity contribution < 1.29 is 0 Å². The summed E-state index contributed by atoms with van der Waals surface area (Å²) in [6.07, 6.45) is 3.56. The van der Waals surface area contributed by atoms with Crippen LogP contribution in [0.2, 0.25) is 0 Å². The SMILES string of the molecule is CCCNc1nc(C)cc(NCCc2nncn2C)n1. The number of nitrogens with one attached hydrogen (secondary N) is 2. The molecule has 7 nitrogen and oxygen atoms in total. The molecule has 0 atom stereocenters. The number of hydrogen-bond donors (Lipinski definition) is 2. The molecular formula is C13H21N7. The summed E-state index contributed by atoms with van der Waals surface area (Å²) in [4.78, 5) is 8.79. The van der Waals surface area contributed by atoms with Crippen LogP contribution in [0.25, 0.3) is 0 Å². The molecular weight excluding hydrogens is 254 g/mol. The molecule has 0 aliphatic rings. The summed E-state index contributed by atoms with van der Waals surface area (Å²) in [5.74, 6) is 2.46. The summed E-state index contributed by atoms with van der Waals surface area (Å²) in [6.45, 7) is 5.72. The molecule has 0 fully saturated rings. The van der Waals surface area contributed by atoms with Crippen LogP contribution in [-0.4, -0.2) is 37.8 Å². The van der Waals surface area contributed by atoms with Gasteiger partial charge >= 0.3 is 0 Å². The molecule has 0 bridgehead atoms. The Bertz CT molecular complexity index is 549. The summed E-state index contributed by atoms with van der Waals surface area (Å²) in [5.41, 5.74) is 0.944. The molecule has 0 saturated carbocycles. The average molecular weight is 275 g/mol. The maximum Gasteiger partial charge on any atom is 0.224 e. The predicted octanol–water partition coefficient (Wildman–Crippen LogP) is 1.39. The molecule has 0 aliphatic carbocycles.